The van der Waals surface area contributed by atoms with Crippen LogP contribution in [0.1, 0.15) is 108 Å². The number of ether oxygens (including phenoxy) is 2. The van der Waals surface area contributed by atoms with E-state index in [1.54, 1.807) is 23.6 Å². The molecule has 9 N–H and O–H groups in total. The lowest BCUT2D eigenvalue weighted by Gasteiger charge is -2.35. The third-order valence-corrected chi connectivity index (χ3v) is 14.5. The average Bonchev–Trinajstić information content (AvgIpc) is 4.15. The fraction of sp³-hybridized carbons (Fsp3) is 0.510. The number of β-amino-alcohol motifs (C(OH)–C–C–N with tert-alkyl or cyclic N) is 1. The molecule has 8 atom stereocenters. The van der Waals surface area contributed by atoms with Gasteiger partial charge in [-0.1, -0.05) is 94.8 Å². The van der Waals surface area contributed by atoms with Crippen molar-refractivity contribution >= 4 is 63.4 Å². The molecule has 19 nitrogen and oxygen atoms in total. The monoisotopic (exact) mass is 1030 g/mol. The van der Waals surface area contributed by atoms with E-state index in [1.807, 2.05) is 57.5 Å². The zero-order valence-corrected chi connectivity index (χ0v) is 42.6. The van der Waals surface area contributed by atoms with Crippen molar-refractivity contribution in [3.63, 3.8) is 0 Å². The molecule has 7 rings (SSSR count). The highest BCUT2D eigenvalue weighted by molar-refractivity contribution is 7.13. The molecule has 2 saturated heterocycles. The molecular formula is C51H66ClN9O10S. The number of nitrogens with two attached hydrogens (primary N) is 1. The van der Waals surface area contributed by atoms with Gasteiger partial charge in [-0.05, 0) is 60.1 Å². The van der Waals surface area contributed by atoms with E-state index in [-0.39, 0.29) is 72.4 Å². The van der Waals surface area contributed by atoms with Crippen LogP contribution in [-0.4, -0.2) is 125 Å². The lowest BCUT2D eigenvalue weighted by molar-refractivity contribution is -0.144. The molecule has 3 aromatic heterocycles. The summed E-state index contributed by atoms with van der Waals surface area (Å²) in [5.74, 6) is -0.959. The number of carbonyl (C=O) groups is 4. The number of nitrogen functional groups attached to an aromatic ring is 1. The minimum absolute atomic E-state index is 0.00356. The van der Waals surface area contributed by atoms with Crippen LogP contribution in [0.3, 0.4) is 0 Å². The van der Waals surface area contributed by atoms with Crippen LogP contribution in [-0.2, 0) is 30.5 Å². The van der Waals surface area contributed by atoms with E-state index >= 15 is 0 Å². The topological polar surface area (TPSA) is 277 Å². The van der Waals surface area contributed by atoms with Gasteiger partial charge in [-0.3, -0.25) is 19.2 Å². The maximum atomic E-state index is 14.0. The molecule has 0 spiro atoms. The van der Waals surface area contributed by atoms with E-state index < -0.39 is 60.2 Å². The van der Waals surface area contributed by atoms with Crippen LogP contribution >= 0.6 is 22.9 Å². The van der Waals surface area contributed by atoms with Crippen molar-refractivity contribution in [3.05, 3.63) is 88.4 Å². The molecule has 0 saturated carbocycles. The molecule has 388 valence electrons. The van der Waals surface area contributed by atoms with Crippen molar-refractivity contribution in [2.24, 2.45) is 5.41 Å². The molecule has 2 fully saturated rings. The first-order valence-corrected chi connectivity index (χ1v) is 25.7. The Morgan fingerprint density at radius 1 is 0.931 bits per heavy atom. The second-order valence-corrected chi connectivity index (χ2v) is 20.9. The van der Waals surface area contributed by atoms with Gasteiger partial charge in [0, 0.05) is 38.7 Å². The quantitative estimate of drug-likeness (QED) is 0.0430. The third-order valence-electron chi connectivity index (χ3n) is 13.2. The van der Waals surface area contributed by atoms with Crippen LogP contribution in [0.4, 0.5) is 5.82 Å². The standard InChI is InChI=1S/C51H66ClN9O10S/c1-29-44(72-28-58-29)31-15-13-30(14-16-31)24-55-48(68)36-23-33(62)25-61(36)49(69)45(51(2,3)4)59-38(63)12-10-8-6-5-7-9-11-20-54-39(64)26-70-37-22-32(17-18-35(37)52)40(65)43-41(66)42(67)50(71-43)60-21-19-34-46(53)56-27-57-47(34)60/h13-19,21-22,27-28,33,36,40-43,45,50,62,65-67H,5-12,20,23-26H2,1-4H3,(H,54,64)(H,55,68)(H,59,63)(H2,53,56,57)/t33-,36+,40-,41+,42-,43-,45-,50-/m1/s1. The number of carbonyl (C=O) groups excluding carboxylic acids is 4. The normalized spacial score (nSPS) is 20.9. The van der Waals surface area contributed by atoms with Crippen LogP contribution in [0.15, 0.2) is 66.6 Å². The van der Waals surface area contributed by atoms with E-state index in [0.29, 0.717) is 24.0 Å². The van der Waals surface area contributed by atoms with Crippen molar-refractivity contribution < 1.29 is 49.1 Å². The van der Waals surface area contributed by atoms with Crippen LogP contribution in [0.25, 0.3) is 21.5 Å². The Labute approximate surface area is 427 Å². The Balaban J connectivity index is 0.763. The molecule has 4 amide bonds. The van der Waals surface area contributed by atoms with E-state index in [9.17, 15) is 39.6 Å². The number of aliphatic hydroxyl groups excluding tert-OH is 4. The minimum Gasteiger partial charge on any atom is -0.482 e. The number of hydrogen-bond acceptors (Lipinski definition) is 15. The number of nitrogens with one attached hydrogen (secondary N) is 3. The lowest BCUT2D eigenvalue weighted by atomic mass is 9.85. The summed E-state index contributed by atoms with van der Waals surface area (Å²) in [4.78, 5) is 68.3. The van der Waals surface area contributed by atoms with Crippen molar-refractivity contribution in [2.75, 3.05) is 25.4 Å². The van der Waals surface area contributed by atoms with E-state index in [4.69, 9.17) is 26.8 Å². The number of hydrogen-bond donors (Lipinski definition) is 8. The second kappa shape index (κ2) is 24.3. The Bertz CT molecular complexity index is 2660. The lowest BCUT2D eigenvalue weighted by Crippen LogP contribution is -2.57. The molecule has 2 aromatic carbocycles. The molecule has 21 heteroatoms. The maximum Gasteiger partial charge on any atom is 0.257 e. The van der Waals surface area contributed by atoms with Gasteiger partial charge in [0.2, 0.25) is 17.7 Å². The predicted octanol–water partition coefficient (Wildman–Crippen LogP) is 4.88. The number of benzene rings is 2. The molecule has 0 radical (unpaired) electrons. The number of unbranched alkanes of at least 4 members (excludes halogenated alkanes) is 6. The summed E-state index contributed by atoms with van der Waals surface area (Å²) in [7, 11) is 0. The number of nitrogens with zero attached hydrogens (tertiary/aromatic N) is 5. The maximum absolute atomic E-state index is 14.0. The Hall–Kier alpha value is -5.74. The Kier molecular flexibility index (Phi) is 18.3. The number of likely N-dealkylation sites (tertiary alicyclic amines) is 1. The molecule has 2 aliphatic heterocycles. The number of fused-ring (bicyclic) bond motifs is 1. The summed E-state index contributed by atoms with van der Waals surface area (Å²) < 4.78 is 13.2. The van der Waals surface area contributed by atoms with Crippen LogP contribution < -0.4 is 26.4 Å². The highest BCUT2D eigenvalue weighted by atomic mass is 35.5. The fourth-order valence-electron chi connectivity index (χ4n) is 9.11. The smallest absolute Gasteiger partial charge is 0.257 e. The van der Waals surface area contributed by atoms with Gasteiger partial charge >= 0.3 is 0 Å². The number of aryl methyl sites for hydroxylation is 1. The molecule has 0 unspecified atom stereocenters. The van der Waals surface area contributed by atoms with E-state index in [1.165, 1.54) is 34.0 Å². The number of aliphatic hydroxyl groups is 4. The predicted molar refractivity (Wildman–Crippen MR) is 271 cm³/mol. The zero-order chi connectivity index (χ0) is 51.7. The van der Waals surface area contributed by atoms with Crippen LogP contribution in [0.5, 0.6) is 5.75 Å². The van der Waals surface area contributed by atoms with Gasteiger partial charge in [-0.15, -0.1) is 11.3 Å². The minimum atomic E-state index is -1.46. The number of thiazole rings is 1. The van der Waals surface area contributed by atoms with Gasteiger partial charge in [0.1, 0.15) is 60.0 Å². The number of amides is 4. The average molecular weight is 1030 g/mol. The first kappa shape index (κ1) is 54.0. The van der Waals surface area contributed by atoms with Crippen molar-refractivity contribution in [1.29, 1.82) is 0 Å². The van der Waals surface area contributed by atoms with E-state index in [2.05, 4.69) is 30.9 Å². The zero-order valence-electron chi connectivity index (χ0n) is 41.0. The summed E-state index contributed by atoms with van der Waals surface area (Å²) in [5, 5.41) is 53.1. The third kappa shape index (κ3) is 13.3. The second-order valence-electron chi connectivity index (χ2n) is 19.6. The summed E-state index contributed by atoms with van der Waals surface area (Å²) in [6, 6.07) is 12.3. The van der Waals surface area contributed by atoms with Gasteiger partial charge in [0.05, 0.1) is 32.6 Å². The first-order valence-electron chi connectivity index (χ1n) is 24.4. The largest absolute Gasteiger partial charge is 0.482 e. The van der Waals surface area contributed by atoms with Gasteiger partial charge in [-0.25, -0.2) is 15.0 Å². The molecule has 2 aliphatic rings. The number of aromatic nitrogens is 4. The van der Waals surface area contributed by atoms with Crippen molar-refractivity contribution in [1.82, 2.24) is 40.4 Å². The highest BCUT2D eigenvalue weighted by Crippen LogP contribution is 2.39. The molecule has 0 aliphatic carbocycles. The van der Waals surface area contributed by atoms with Gasteiger partial charge in [0.15, 0.2) is 12.8 Å². The first-order chi connectivity index (χ1) is 34.4. The van der Waals surface area contributed by atoms with Crippen molar-refractivity contribution in [3.8, 4) is 16.2 Å². The number of anilines is 1. The number of rotatable bonds is 22. The van der Waals surface area contributed by atoms with Gasteiger partial charge in [-0.2, -0.15) is 0 Å². The summed E-state index contributed by atoms with van der Waals surface area (Å²) >= 11 is 7.93. The molecule has 72 heavy (non-hydrogen) atoms. The number of halogens is 1. The Morgan fingerprint density at radius 3 is 2.36 bits per heavy atom. The van der Waals surface area contributed by atoms with E-state index in [0.717, 1.165) is 60.2 Å². The van der Waals surface area contributed by atoms with Crippen molar-refractivity contribution in [2.45, 2.75) is 141 Å². The molecule has 5 heterocycles. The molecule has 0 bridgehead atoms. The summed E-state index contributed by atoms with van der Waals surface area (Å²) in [6.45, 7) is 7.95. The Morgan fingerprint density at radius 2 is 1.65 bits per heavy atom. The van der Waals surface area contributed by atoms with Gasteiger partial charge in [0.25, 0.3) is 5.91 Å². The highest BCUT2D eigenvalue weighted by Gasteiger charge is 2.48. The fourth-order valence-corrected chi connectivity index (χ4v) is 10.1. The van der Waals surface area contributed by atoms with Gasteiger partial charge < -0.3 is 61.1 Å². The van der Waals surface area contributed by atoms with Crippen LogP contribution in [0, 0.1) is 12.3 Å². The SMILES string of the molecule is Cc1ncsc1-c1ccc(CNC(=O)[C@@H]2C[C@@H](O)CN2C(=O)[C@@H](NC(=O)CCCCCCCCCNC(=O)COc2cc([C@@H](O)[C@H]3O[C@@H](n4ccc5c(N)ncnc54)[C@H](O)[C@@H]3O)ccc2Cl)C(C)(C)C)cc1. The summed E-state index contributed by atoms with van der Waals surface area (Å²) in [5.41, 5.74) is 10.7. The summed E-state index contributed by atoms with van der Waals surface area (Å²) in [6.07, 6.45) is 1.77. The molecule has 5 aromatic rings. The molecular weight excluding hydrogens is 966 g/mol. The van der Waals surface area contributed by atoms with Crippen LogP contribution in [0.2, 0.25) is 5.02 Å².